The quantitative estimate of drug-likeness (QED) is 0.600. The van der Waals surface area contributed by atoms with E-state index in [0.29, 0.717) is 23.9 Å². The molecular formula is C18H19F3N4O3. The third-order valence-corrected chi connectivity index (χ3v) is 4.21. The average molecular weight is 396 g/mol. The fourth-order valence-electron chi connectivity index (χ4n) is 2.79. The summed E-state index contributed by atoms with van der Waals surface area (Å²) in [6.45, 7) is 7.37. The molecule has 0 aliphatic heterocycles. The summed E-state index contributed by atoms with van der Waals surface area (Å²) < 4.78 is 53.7. The van der Waals surface area contributed by atoms with E-state index in [9.17, 15) is 13.2 Å². The molecule has 10 heteroatoms. The van der Waals surface area contributed by atoms with E-state index in [-0.39, 0.29) is 12.5 Å². The van der Waals surface area contributed by atoms with Crippen LogP contribution in [0.1, 0.15) is 48.0 Å². The second-order valence-electron chi connectivity index (χ2n) is 6.45. The van der Waals surface area contributed by atoms with Gasteiger partial charge in [-0.2, -0.15) is 23.1 Å². The lowest BCUT2D eigenvalue weighted by atomic mass is 10.0. The number of alkyl halides is 3. The molecule has 0 spiro atoms. The lowest BCUT2D eigenvalue weighted by Gasteiger charge is -2.16. The first-order chi connectivity index (χ1) is 13.2. The summed E-state index contributed by atoms with van der Waals surface area (Å²) in [5.41, 5.74) is 2.47. The molecule has 0 saturated carbocycles. The standard InChI is InChI=1S/C18H19F3N4O3/c1-5-12(16-23-17(25-28-16)18(19,20)21)8-26-14-9(2)6-13(7-10(14)3)15-22-11(4)27-24-15/h6-7,12H,5,8H2,1-4H3. The van der Waals surface area contributed by atoms with Crippen LogP contribution < -0.4 is 4.74 Å². The monoisotopic (exact) mass is 396 g/mol. The largest absolute Gasteiger partial charge is 0.492 e. The van der Waals surface area contributed by atoms with Gasteiger partial charge >= 0.3 is 6.18 Å². The number of benzene rings is 1. The number of ether oxygens (including phenoxy) is 1. The first-order valence-electron chi connectivity index (χ1n) is 8.64. The van der Waals surface area contributed by atoms with Crippen molar-refractivity contribution in [1.29, 1.82) is 0 Å². The summed E-state index contributed by atoms with van der Waals surface area (Å²) in [7, 11) is 0. The van der Waals surface area contributed by atoms with Gasteiger partial charge in [0.25, 0.3) is 5.82 Å². The van der Waals surface area contributed by atoms with Crippen molar-refractivity contribution in [3.8, 4) is 17.1 Å². The second kappa shape index (κ2) is 7.61. The van der Waals surface area contributed by atoms with Crippen LogP contribution in [0.3, 0.4) is 0 Å². The molecule has 28 heavy (non-hydrogen) atoms. The summed E-state index contributed by atoms with van der Waals surface area (Å²) in [5, 5.41) is 6.90. The molecule has 3 aromatic rings. The van der Waals surface area contributed by atoms with Gasteiger partial charge in [-0.05, 0) is 43.5 Å². The number of rotatable bonds is 6. The second-order valence-corrected chi connectivity index (χ2v) is 6.45. The minimum atomic E-state index is -4.64. The van der Waals surface area contributed by atoms with Crippen molar-refractivity contribution in [3.05, 3.63) is 40.9 Å². The first kappa shape index (κ1) is 19.8. The van der Waals surface area contributed by atoms with Gasteiger partial charge in [0, 0.05) is 12.5 Å². The Morgan fingerprint density at radius 2 is 1.71 bits per heavy atom. The minimum absolute atomic E-state index is 0.0935. The van der Waals surface area contributed by atoms with Gasteiger partial charge in [0.15, 0.2) is 0 Å². The van der Waals surface area contributed by atoms with Crippen molar-refractivity contribution in [2.24, 2.45) is 0 Å². The Kier molecular flexibility index (Phi) is 5.39. The zero-order valence-electron chi connectivity index (χ0n) is 15.8. The SMILES string of the molecule is CCC(COc1c(C)cc(-c2noc(C)n2)cc1C)c1nc(C(F)(F)F)no1. The molecule has 0 fully saturated rings. The molecule has 0 aliphatic carbocycles. The van der Waals surface area contributed by atoms with Crippen molar-refractivity contribution < 1.29 is 27.0 Å². The lowest BCUT2D eigenvalue weighted by molar-refractivity contribution is -0.146. The molecule has 0 bridgehead atoms. The van der Waals surface area contributed by atoms with E-state index < -0.39 is 17.9 Å². The first-order valence-corrected chi connectivity index (χ1v) is 8.64. The van der Waals surface area contributed by atoms with Gasteiger partial charge in [0.1, 0.15) is 5.75 Å². The van der Waals surface area contributed by atoms with Gasteiger partial charge in [-0.15, -0.1) is 0 Å². The van der Waals surface area contributed by atoms with Gasteiger partial charge in [-0.3, -0.25) is 0 Å². The van der Waals surface area contributed by atoms with Crippen molar-refractivity contribution in [2.75, 3.05) is 6.61 Å². The normalized spacial score (nSPS) is 13.0. The third kappa shape index (κ3) is 4.15. The van der Waals surface area contributed by atoms with Crippen LogP contribution in [-0.2, 0) is 6.18 Å². The molecule has 2 aromatic heterocycles. The summed E-state index contributed by atoms with van der Waals surface area (Å²) in [5.74, 6) is -0.251. The van der Waals surface area contributed by atoms with E-state index in [2.05, 4.69) is 20.3 Å². The summed E-state index contributed by atoms with van der Waals surface area (Å²) in [4.78, 5) is 7.66. The molecule has 0 aliphatic rings. The van der Waals surface area contributed by atoms with Crippen LogP contribution in [0, 0.1) is 20.8 Å². The minimum Gasteiger partial charge on any atom is -0.492 e. The summed E-state index contributed by atoms with van der Waals surface area (Å²) in [6.07, 6.45) is -4.16. The molecule has 7 nitrogen and oxygen atoms in total. The van der Waals surface area contributed by atoms with Crippen LogP contribution in [0.2, 0.25) is 0 Å². The Morgan fingerprint density at radius 1 is 1.04 bits per heavy atom. The zero-order chi connectivity index (χ0) is 20.5. The number of nitrogens with zero attached hydrogens (tertiary/aromatic N) is 4. The molecule has 0 N–H and O–H groups in total. The van der Waals surface area contributed by atoms with E-state index in [1.165, 1.54) is 0 Å². The lowest BCUT2D eigenvalue weighted by Crippen LogP contribution is -2.12. The molecule has 2 heterocycles. The molecule has 1 atom stereocenters. The number of aromatic nitrogens is 4. The van der Waals surface area contributed by atoms with Crippen LogP contribution in [0.4, 0.5) is 13.2 Å². The molecular weight excluding hydrogens is 377 g/mol. The number of hydrogen-bond acceptors (Lipinski definition) is 7. The van der Waals surface area contributed by atoms with E-state index in [1.54, 1.807) is 6.92 Å². The van der Waals surface area contributed by atoms with Crippen LogP contribution in [0.5, 0.6) is 5.75 Å². The number of hydrogen-bond donors (Lipinski definition) is 0. The van der Waals surface area contributed by atoms with E-state index in [1.807, 2.05) is 32.9 Å². The maximum Gasteiger partial charge on any atom is 0.455 e. The Bertz CT molecular complexity index is 942. The van der Waals surface area contributed by atoms with Crippen LogP contribution in [0.25, 0.3) is 11.4 Å². The predicted octanol–water partition coefficient (Wildman–Crippen LogP) is 4.64. The van der Waals surface area contributed by atoms with E-state index in [4.69, 9.17) is 13.8 Å². The molecule has 3 rings (SSSR count). The number of halogens is 3. The van der Waals surface area contributed by atoms with E-state index >= 15 is 0 Å². The Hall–Kier alpha value is -2.91. The van der Waals surface area contributed by atoms with Crippen LogP contribution >= 0.6 is 0 Å². The maximum atomic E-state index is 12.7. The van der Waals surface area contributed by atoms with Crippen LogP contribution in [-0.4, -0.2) is 26.9 Å². The molecule has 1 unspecified atom stereocenters. The summed E-state index contributed by atoms with van der Waals surface area (Å²) >= 11 is 0. The van der Waals surface area contributed by atoms with Gasteiger partial charge in [-0.25, -0.2) is 0 Å². The van der Waals surface area contributed by atoms with Crippen molar-refractivity contribution in [3.63, 3.8) is 0 Å². The van der Waals surface area contributed by atoms with Crippen molar-refractivity contribution in [1.82, 2.24) is 20.3 Å². The highest BCUT2D eigenvalue weighted by atomic mass is 19.4. The molecule has 1 aromatic carbocycles. The highest BCUT2D eigenvalue weighted by Crippen LogP contribution is 2.32. The van der Waals surface area contributed by atoms with Crippen molar-refractivity contribution in [2.45, 2.75) is 46.2 Å². The Morgan fingerprint density at radius 3 is 2.21 bits per heavy atom. The fourth-order valence-corrected chi connectivity index (χ4v) is 2.79. The van der Waals surface area contributed by atoms with Crippen molar-refractivity contribution >= 4 is 0 Å². The smallest absolute Gasteiger partial charge is 0.455 e. The fraction of sp³-hybridized carbons (Fsp3) is 0.444. The van der Waals surface area contributed by atoms with E-state index in [0.717, 1.165) is 16.7 Å². The highest BCUT2D eigenvalue weighted by Gasteiger charge is 2.38. The third-order valence-electron chi connectivity index (χ3n) is 4.21. The van der Waals surface area contributed by atoms with Crippen LogP contribution in [0.15, 0.2) is 21.2 Å². The maximum absolute atomic E-state index is 12.7. The zero-order valence-corrected chi connectivity index (χ0v) is 15.8. The predicted molar refractivity (Wildman–Crippen MR) is 91.8 cm³/mol. The van der Waals surface area contributed by atoms with Gasteiger partial charge < -0.3 is 13.8 Å². The van der Waals surface area contributed by atoms with Gasteiger partial charge in [-0.1, -0.05) is 17.2 Å². The molecule has 0 amide bonds. The van der Waals surface area contributed by atoms with Gasteiger partial charge in [0.2, 0.25) is 17.6 Å². The highest BCUT2D eigenvalue weighted by molar-refractivity contribution is 5.60. The summed E-state index contributed by atoms with van der Waals surface area (Å²) in [6, 6.07) is 3.73. The molecule has 150 valence electrons. The van der Waals surface area contributed by atoms with Gasteiger partial charge in [0.05, 0.1) is 12.5 Å². The number of aryl methyl sites for hydroxylation is 3. The Balaban J connectivity index is 1.76. The topological polar surface area (TPSA) is 87.1 Å². The molecule has 0 radical (unpaired) electrons. The Labute approximate surface area is 158 Å². The average Bonchev–Trinajstić information content (AvgIpc) is 3.26. The molecule has 0 saturated heterocycles.